The normalized spacial score (nSPS) is 12.9. The lowest BCUT2D eigenvalue weighted by molar-refractivity contribution is 0.0717. The summed E-state index contributed by atoms with van der Waals surface area (Å²) in [7, 11) is 1.54. The van der Waals surface area contributed by atoms with E-state index in [4.69, 9.17) is 10.5 Å². The molecule has 5 heteroatoms. The van der Waals surface area contributed by atoms with Crippen LogP contribution in [0.25, 0.3) is 0 Å². The van der Waals surface area contributed by atoms with E-state index in [0.717, 1.165) is 0 Å². The molecule has 0 aliphatic heterocycles. The molecule has 0 saturated carbocycles. The first kappa shape index (κ1) is 15.7. The predicted octanol–water partition coefficient (Wildman–Crippen LogP) is 2.42. The summed E-state index contributed by atoms with van der Waals surface area (Å²) in [4.78, 5) is 12.9. The highest BCUT2D eigenvalue weighted by Gasteiger charge is 2.43. The Morgan fingerprint density at radius 2 is 1.89 bits per heavy atom. The highest BCUT2D eigenvalue weighted by Crippen LogP contribution is 2.35. The minimum absolute atomic E-state index is 0.0527. The molecule has 19 heavy (non-hydrogen) atoms. The molecule has 0 unspecified atom stereocenters. The van der Waals surface area contributed by atoms with E-state index in [2.05, 4.69) is 5.10 Å². The van der Waals surface area contributed by atoms with Gasteiger partial charge in [-0.15, -0.1) is 0 Å². The molecule has 1 aromatic heterocycles. The van der Waals surface area contributed by atoms with Crippen LogP contribution in [0.2, 0.25) is 0 Å². The van der Waals surface area contributed by atoms with Gasteiger partial charge in [-0.25, -0.2) is 0 Å². The average molecular weight is 267 g/mol. The number of Topliss-reactive ketones (excluding diaryl/α,β-unsaturated/α-hetero) is 1. The summed E-state index contributed by atoms with van der Waals surface area (Å²) in [6.07, 6.45) is 1.58. The van der Waals surface area contributed by atoms with Gasteiger partial charge in [-0.3, -0.25) is 9.48 Å². The van der Waals surface area contributed by atoms with Gasteiger partial charge < -0.3 is 10.5 Å². The van der Waals surface area contributed by atoms with Gasteiger partial charge in [-0.1, -0.05) is 13.8 Å². The zero-order chi connectivity index (χ0) is 15.0. The zero-order valence-electron chi connectivity index (χ0n) is 12.9. The molecular weight excluding hydrogens is 242 g/mol. The second-order valence-electron chi connectivity index (χ2n) is 6.28. The standard InChI is InChI=1S/C14H25N3O2/c1-9(2)17-11(10(19-7)8-16-17)12(18)13(3,4)14(5,6)15/h8-9H,15H2,1-7H3. The Balaban J connectivity index is 3.37. The van der Waals surface area contributed by atoms with Crippen molar-refractivity contribution in [1.82, 2.24) is 9.78 Å². The molecule has 1 aromatic rings. The minimum atomic E-state index is -0.715. The maximum Gasteiger partial charge on any atom is 0.192 e. The lowest BCUT2D eigenvalue weighted by atomic mass is 9.71. The fraction of sp³-hybridized carbons (Fsp3) is 0.714. The van der Waals surface area contributed by atoms with Gasteiger partial charge in [0.1, 0.15) is 5.69 Å². The summed E-state index contributed by atoms with van der Waals surface area (Å²) in [5.74, 6) is 0.444. The lowest BCUT2D eigenvalue weighted by Crippen LogP contribution is -2.52. The molecule has 0 aromatic carbocycles. The van der Waals surface area contributed by atoms with Gasteiger partial charge in [-0.2, -0.15) is 5.10 Å². The summed E-state index contributed by atoms with van der Waals surface area (Å²) in [5.41, 5.74) is 5.28. The first-order valence-corrected chi connectivity index (χ1v) is 6.49. The van der Waals surface area contributed by atoms with Gasteiger partial charge in [0.15, 0.2) is 11.5 Å². The van der Waals surface area contributed by atoms with Crippen LogP contribution < -0.4 is 10.5 Å². The number of carbonyl (C=O) groups excluding carboxylic acids is 1. The van der Waals surface area contributed by atoms with E-state index in [1.54, 1.807) is 18.0 Å². The summed E-state index contributed by atoms with van der Waals surface area (Å²) < 4.78 is 6.95. The third-order valence-corrected chi connectivity index (χ3v) is 3.86. The number of methoxy groups -OCH3 is 1. The third kappa shape index (κ3) is 2.66. The quantitative estimate of drug-likeness (QED) is 0.832. The molecule has 0 spiro atoms. The van der Waals surface area contributed by atoms with Crippen molar-refractivity contribution in [2.24, 2.45) is 11.1 Å². The average Bonchev–Trinajstić information content (AvgIpc) is 2.69. The number of aromatic nitrogens is 2. The number of ether oxygens (including phenoxy) is 1. The van der Waals surface area contributed by atoms with E-state index < -0.39 is 11.0 Å². The topological polar surface area (TPSA) is 70.1 Å². The Morgan fingerprint density at radius 3 is 2.26 bits per heavy atom. The Bertz CT molecular complexity index is 468. The molecule has 0 atom stereocenters. The van der Waals surface area contributed by atoms with Crippen molar-refractivity contribution in [3.8, 4) is 5.75 Å². The molecule has 1 heterocycles. The summed E-state index contributed by atoms with van der Waals surface area (Å²) in [6.45, 7) is 11.4. The van der Waals surface area contributed by atoms with Crippen LogP contribution in [0, 0.1) is 5.41 Å². The van der Waals surface area contributed by atoms with Crippen molar-refractivity contribution < 1.29 is 9.53 Å². The van der Waals surface area contributed by atoms with Crippen molar-refractivity contribution in [2.45, 2.75) is 53.1 Å². The van der Waals surface area contributed by atoms with Crippen LogP contribution in [-0.4, -0.2) is 28.2 Å². The zero-order valence-corrected chi connectivity index (χ0v) is 12.9. The van der Waals surface area contributed by atoms with Crippen molar-refractivity contribution >= 4 is 5.78 Å². The van der Waals surface area contributed by atoms with E-state index >= 15 is 0 Å². The summed E-state index contributed by atoms with van der Waals surface area (Å²) in [5, 5.41) is 4.23. The van der Waals surface area contributed by atoms with E-state index in [-0.39, 0.29) is 11.8 Å². The molecule has 0 aliphatic carbocycles. The Kier molecular flexibility index (Phi) is 4.10. The molecule has 2 N–H and O–H groups in total. The molecule has 0 radical (unpaired) electrons. The molecule has 0 fully saturated rings. The maximum absolute atomic E-state index is 12.9. The first-order valence-electron chi connectivity index (χ1n) is 6.49. The van der Waals surface area contributed by atoms with Gasteiger partial charge in [0.2, 0.25) is 0 Å². The highest BCUT2D eigenvalue weighted by atomic mass is 16.5. The van der Waals surface area contributed by atoms with Crippen LogP contribution in [0.4, 0.5) is 0 Å². The fourth-order valence-electron chi connectivity index (χ4n) is 1.69. The van der Waals surface area contributed by atoms with Crippen molar-refractivity contribution in [2.75, 3.05) is 7.11 Å². The van der Waals surface area contributed by atoms with E-state index in [1.165, 1.54) is 0 Å². The van der Waals surface area contributed by atoms with Crippen LogP contribution in [0.15, 0.2) is 6.20 Å². The van der Waals surface area contributed by atoms with Gasteiger partial charge in [-0.05, 0) is 27.7 Å². The summed E-state index contributed by atoms with van der Waals surface area (Å²) >= 11 is 0. The monoisotopic (exact) mass is 267 g/mol. The summed E-state index contributed by atoms with van der Waals surface area (Å²) in [6, 6.07) is 0.0829. The molecule has 5 nitrogen and oxygen atoms in total. The van der Waals surface area contributed by atoms with Crippen LogP contribution >= 0.6 is 0 Å². The molecule has 0 saturated heterocycles. The Hall–Kier alpha value is -1.36. The second-order valence-corrected chi connectivity index (χ2v) is 6.28. The first-order chi connectivity index (χ1) is 8.54. The molecule has 0 amide bonds. The molecule has 0 bridgehead atoms. The van der Waals surface area contributed by atoms with Crippen LogP contribution in [0.1, 0.15) is 58.1 Å². The Labute approximate surface area is 115 Å². The van der Waals surface area contributed by atoms with Crippen molar-refractivity contribution in [1.29, 1.82) is 0 Å². The highest BCUT2D eigenvalue weighted by molar-refractivity contribution is 6.01. The SMILES string of the molecule is COc1cnn(C(C)C)c1C(=O)C(C)(C)C(C)(C)N. The second kappa shape index (κ2) is 4.96. The maximum atomic E-state index is 12.9. The lowest BCUT2D eigenvalue weighted by Gasteiger charge is -2.37. The van der Waals surface area contributed by atoms with Gasteiger partial charge in [0.05, 0.1) is 13.3 Å². The van der Waals surface area contributed by atoms with Gasteiger partial charge >= 0.3 is 0 Å². The number of hydrogen-bond acceptors (Lipinski definition) is 4. The smallest absolute Gasteiger partial charge is 0.192 e. The molecule has 108 valence electrons. The predicted molar refractivity (Wildman–Crippen MR) is 75.5 cm³/mol. The molecule has 1 rings (SSSR count). The number of nitrogens with two attached hydrogens (primary N) is 1. The van der Waals surface area contributed by atoms with Crippen LogP contribution in [0.3, 0.4) is 0 Å². The number of hydrogen-bond donors (Lipinski definition) is 1. The minimum Gasteiger partial charge on any atom is -0.493 e. The van der Waals surface area contributed by atoms with Crippen molar-refractivity contribution in [3.63, 3.8) is 0 Å². The van der Waals surface area contributed by atoms with E-state index in [1.807, 2.05) is 41.5 Å². The van der Waals surface area contributed by atoms with Gasteiger partial charge in [0.25, 0.3) is 0 Å². The fourth-order valence-corrected chi connectivity index (χ4v) is 1.69. The van der Waals surface area contributed by atoms with E-state index in [9.17, 15) is 4.79 Å². The van der Waals surface area contributed by atoms with Gasteiger partial charge in [0, 0.05) is 17.0 Å². The number of nitrogens with zero attached hydrogens (tertiary/aromatic N) is 2. The number of carbonyl (C=O) groups is 1. The molecule has 0 aliphatic rings. The Morgan fingerprint density at radius 1 is 1.37 bits per heavy atom. The molecular formula is C14H25N3O2. The van der Waals surface area contributed by atoms with Crippen LogP contribution in [0.5, 0.6) is 5.75 Å². The number of rotatable bonds is 5. The third-order valence-electron chi connectivity index (χ3n) is 3.86. The van der Waals surface area contributed by atoms with Crippen molar-refractivity contribution in [3.05, 3.63) is 11.9 Å². The van der Waals surface area contributed by atoms with Crippen LogP contribution in [-0.2, 0) is 0 Å². The number of ketones is 1. The van der Waals surface area contributed by atoms with E-state index in [0.29, 0.717) is 11.4 Å². The largest absolute Gasteiger partial charge is 0.493 e.